The zero-order valence-corrected chi connectivity index (χ0v) is 10.3. The lowest BCUT2D eigenvalue weighted by molar-refractivity contribution is 0.0236. The molecule has 2 N–H and O–H groups in total. The van der Waals surface area contributed by atoms with E-state index >= 15 is 0 Å². The molecular formula is C10H20N2O3S. The molecule has 2 heterocycles. The summed E-state index contributed by atoms with van der Waals surface area (Å²) in [5.74, 6) is 0.642. The Morgan fingerprint density at radius 3 is 2.94 bits per heavy atom. The van der Waals surface area contributed by atoms with Crippen molar-refractivity contribution in [1.29, 1.82) is 0 Å². The minimum absolute atomic E-state index is 0.154. The van der Waals surface area contributed by atoms with Gasteiger partial charge in [-0.1, -0.05) is 0 Å². The highest BCUT2D eigenvalue weighted by Crippen LogP contribution is 2.11. The molecule has 2 aliphatic rings. The van der Waals surface area contributed by atoms with Crippen LogP contribution in [0.4, 0.5) is 0 Å². The van der Waals surface area contributed by atoms with E-state index in [1.165, 1.54) is 0 Å². The highest BCUT2D eigenvalue weighted by Gasteiger charge is 2.27. The van der Waals surface area contributed by atoms with Crippen LogP contribution in [0.2, 0.25) is 0 Å². The molecule has 2 rings (SSSR count). The molecule has 0 spiro atoms. The Balaban J connectivity index is 1.61. The predicted octanol–water partition coefficient (Wildman–Crippen LogP) is -0.858. The molecule has 0 saturated carbocycles. The Hall–Kier alpha value is -0.170. The van der Waals surface area contributed by atoms with E-state index in [1.54, 1.807) is 0 Å². The van der Waals surface area contributed by atoms with Gasteiger partial charge in [-0.2, -0.15) is 0 Å². The number of hydrogen-bond acceptors (Lipinski definition) is 5. The average Bonchev–Trinajstić information content (AvgIpc) is 2.60. The van der Waals surface area contributed by atoms with Crippen LogP contribution in [0.15, 0.2) is 0 Å². The molecule has 2 saturated heterocycles. The van der Waals surface area contributed by atoms with Crippen molar-refractivity contribution in [1.82, 2.24) is 10.6 Å². The Kier molecular flexibility index (Phi) is 4.18. The molecule has 16 heavy (non-hydrogen) atoms. The van der Waals surface area contributed by atoms with Crippen LogP contribution in [-0.2, 0) is 14.6 Å². The van der Waals surface area contributed by atoms with Crippen LogP contribution >= 0.6 is 0 Å². The normalized spacial score (nSPS) is 34.0. The molecule has 0 amide bonds. The van der Waals surface area contributed by atoms with Gasteiger partial charge in [0, 0.05) is 19.1 Å². The molecule has 0 aliphatic carbocycles. The number of rotatable bonds is 4. The molecule has 5 nitrogen and oxygen atoms in total. The maximum atomic E-state index is 11.2. The third-order valence-electron chi connectivity index (χ3n) is 3.14. The van der Waals surface area contributed by atoms with Gasteiger partial charge in [-0.05, 0) is 19.4 Å². The third-order valence-corrected chi connectivity index (χ3v) is 4.90. The van der Waals surface area contributed by atoms with Gasteiger partial charge in [-0.15, -0.1) is 0 Å². The highest BCUT2D eigenvalue weighted by molar-refractivity contribution is 7.91. The van der Waals surface area contributed by atoms with Gasteiger partial charge >= 0.3 is 0 Å². The van der Waals surface area contributed by atoms with Crippen LogP contribution in [0.5, 0.6) is 0 Å². The largest absolute Gasteiger partial charge is 0.376 e. The lowest BCUT2D eigenvalue weighted by atomic mass is 10.2. The number of hydrogen-bond donors (Lipinski definition) is 2. The first kappa shape index (κ1) is 12.3. The minimum Gasteiger partial charge on any atom is -0.376 e. The molecule has 2 atom stereocenters. The van der Waals surface area contributed by atoms with Crippen LogP contribution in [-0.4, -0.2) is 58.3 Å². The van der Waals surface area contributed by atoms with Gasteiger partial charge in [0.25, 0.3) is 0 Å². The standard InChI is InChI=1S/C10H20N2O3S/c13-16(14)6-2-9(8-16)12-3-1-10-7-11-4-5-15-10/h9-12H,1-8H2. The summed E-state index contributed by atoms with van der Waals surface area (Å²) in [5.41, 5.74) is 0. The van der Waals surface area contributed by atoms with E-state index in [-0.39, 0.29) is 12.1 Å². The van der Waals surface area contributed by atoms with E-state index in [1.807, 2.05) is 0 Å². The summed E-state index contributed by atoms with van der Waals surface area (Å²) in [4.78, 5) is 0. The van der Waals surface area contributed by atoms with Crippen molar-refractivity contribution in [2.45, 2.75) is 25.0 Å². The van der Waals surface area contributed by atoms with E-state index < -0.39 is 9.84 Å². The van der Waals surface area contributed by atoms with Crippen molar-refractivity contribution < 1.29 is 13.2 Å². The fraction of sp³-hybridized carbons (Fsp3) is 1.00. The monoisotopic (exact) mass is 248 g/mol. The van der Waals surface area contributed by atoms with Gasteiger partial charge in [-0.3, -0.25) is 0 Å². The maximum absolute atomic E-state index is 11.2. The number of ether oxygens (including phenoxy) is 1. The Bertz CT molecular complexity index is 312. The average molecular weight is 248 g/mol. The molecule has 2 fully saturated rings. The van der Waals surface area contributed by atoms with E-state index in [2.05, 4.69) is 10.6 Å². The van der Waals surface area contributed by atoms with Gasteiger partial charge in [-0.25, -0.2) is 8.42 Å². The van der Waals surface area contributed by atoms with E-state index in [9.17, 15) is 8.42 Å². The van der Waals surface area contributed by atoms with Gasteiger partial charge < -0.3 is 15.4 Å². The first-order chi connectivity index (χ1) is 7.66. The van der Waals surface area contributed by atoms with Crippen molar-refractivity contribution in [3.63, 3.8) is 0 Å². The Labute approximate surface area is 96.9 Å². The molecular weight excluding hydrogens is 228 g/mol. The third kappa shape index (κ3) is 3.69. The van der Waals surface area contributed by atoms with Crippen molar-refractivity contribution in [2.24, 2.45) is 0 Å². The zero-order chi connectivity index (χ0) is 11.4. The fourth-order valence-electron chi connectivity index (χ4n) is 2.21. The fourth-order valence-corrected chi connectivity index (χ4v) is 3.92. The van der Waals surface area contributed by atoms with Crippen molar-refractivity contribution in [3.8, 4) is 0 Å². The topological polar surface area (TPSA) is 67.4 Å². The first-order valence-electron chi connectivity index (χ1n) is 5.92. The Morgan fingerprint density at radius 2 is 2.31 bits per heavy atom. The van der Waals surface area contributed by atoms with Crippen molar-refractivity contribution in [3.05, 3.63) is 0 Å². The van der Waals surface area contributed by atoms with Crippen LogP contribution in [0.1, 0.15) is 12.8 Å². The van der Waals surface area contributed by atoms with Gasteiger partial charge in [0.2, 0.25) is 0 Å². The summed E-state index contributed by atoms with van der Waals surface area (Å²) < 4.78 is 28.0. The number of morpholine rings is 1. The smallest absolute Gasteiger partial charge is 0.151 e. The Morgan fingerprint density at radius 1 is 1.44 bits per heavy atom. The zero-order valence-electron chi connectivity index (χ0n) is 9.44. The molecule has 6 heteroatoms. The summed E-state index contributed by atoms with van der Waals surface area (Å²) in [6.45, 7) is 3.46. The van der Waals surface area contributed by atoms with Crippen LogP contribution < -0.4 is 10.6 Å². The predicted molar refractivity (Wildman–Crippen MR) is 62.3 cm³/mol. The maximum Gasteiger partial charge on any atom is 0.151 e. The second-order valence-electron chi connectivity index (χ2n) is 4.54. The highest BCUT2D eigenvalue weighted by atomic mass is 32.2. The molecule has 0 radical (unpaired) electrons. The van der Waals surface area contributed by atoms with Crippen molar-refractivity contribution >= 4 is 9.84 Å². The summed E-state index contributed by atoms with van der Waals surface area (Å²) in [7, 11) is -2.76. The SMILES string of the molecule is O=S1(=O)CCC(NCCC2CNCCO2)C1. The number of nitrogens with one attached hydrogen (secondary N) is 2. The second kappa shape index (κ2) is 5.44. The van der Waals surface area contributed by atoms with E-state index in [0.29, 0.717) is 11.5 Å². The van der Waals surface area contributed by atoms with Gasteiger partial charge in [0.05, 0.1) is 24.2 Å². The van der Waals surface area contributed by atoms with Gasteiger partial charge in [0.1, 0.15) is 0 Å². The molecule has 94 valence electrons. The molecule has 0 aromatic heterocycles. The van der Waals surface area contributed by atoms with E-state index in [0.717, 1.165) is 39.1 Å². The summed E-state index contributed by atoms with van der Waals surface area (Å²) in [6.07, 6.45) is 1.98. The number of sulfone groups is 1. The summed E-state index contributed by atoms with van der Waals surface area (Å²) in [5, 5.41) is 6.58. The molecule has 0 aromatic rings. The first-order valence-corrected chi connectivity index (χ1v) is 7.74. The van der Waals surface area contributed by atoms with Gasteiger partial charge in [0.15, 0.2) is 9.84 Å². The molecule has 2 unspecified atom stereocenters. The van der Waals surface area contributed by atoms with E-state index in [4.69, 9.17) is 4.74 Å². The molecule has 2 aliphatic heterocycles. The minimum atomic E-state index is -2.76. The lowest BCUT2D eigenvalue weighted by Gasteiger charge is -2.24. The molecule has 0 bridgehead atoms. The van der Waals surface area contributed by atoms with Crippen molar-refractivity contribution in [2.75, 3.05) is 37.7 Å². The second-order valence-corrected chi connectivity index (χ2v) is 6.77. The van der Waals surface area contributed by atoms with Crippen LogP contribution in [0.3, 0.4) is 0 Å². The van der Waals surface area contributed by atoms with Crippen LogP contribution in [0.25, 0.3) is 0 Å². The molecule has 0 aromatic carbocycles. The quantitative estimate of drug-likeness (QED) is 0.678. The van der Waals surface area contributed by atoms with Crippen LogP contribution in [0, 0.1) is 0 Å². The summed E-state index contributed by atoms with van der Waals surface area (Å²) >= 11 is 0. The lowest BCUT2D eigenvalue weighted by Crippen LogP contribution is -2.41. The summed E-state index contributed by atoms with van der Waals surface area (Å²) in [6, 6.07) is 0.154.